The van der Waals surface area contributed by atoms with Crippen molar-refractivity contribution >= 4 is 72.4 Å². The molecule has 0 saturated heterocycles. The van der Waals surface area contributed by atoms with Gasteiger partial charge in [-0.1, -0.05) is 170 Å². The van der Waals surface area contributed by atoms with E-state index in [1.54, 1.807) is 0 Å². The summed E-state index contributed by atoms with van der Waals surface area (Å²) in [6.07, 6.45) is 0. The van der Waals surface area contributed by atoms with Gasteiger partial charge in [0.05, 0.1) is 22.1 Å². The molecule has 3 heterocycles. The Morgan fingerprint density at radius 2 is 0.684 bits per heavy atom. The maximum atomic E-state index is 2.51. The second-order valence-electron chi connectivity index (χ2n) is 15.2. The van der Waals surface area contributed by atoms with Crippen LogP contribution in [0.1, 0.15) is 0 Å². The molecule has 0 radical (unpaired) electrons. The van der Waals surface area contributed by atoms with Gasteiger partial charge in [0.25, 0.3) is 0 Å². The van der Waals surface area contributed by atoms with Gasteiger partial charge in [-0.2, -0.15) is 0 Å². The standard InChI is InChI=1S/C54H36N2Si/c1-2-18-39(19-3-1)57(53-31-14-9-26-46(53)41-21-4-5-22-42(41)47-27-10-15-32-54(47)57)40-20-16-17-37(35-40)55-51-30-13-8-25-45(51)48-36-38(33-34-52(48)55)56-49-28-11-6-23-43(49)44-24-7-12-29-50(44)56/h1-36H. The molecule has 2 nitrogen and oxygen atoms in total. The Labute approximate surface area is 332 Å². The molecular formula is C54H36N2Si. The monoisotopic (exact) mass is 740 g/mol. The Hall–Kier alpha value is -7.20. The second kappa shape index (κ2) is 12.4. The third kappa shape index (κ3) is 4.52. The molecule has 1 aliphatic rings. The van der Waals surface area contributed by atoms with E-state index in [-0.39, 0.29) is 0 Å². The average Bonchev–Trinajstić information content (AvgIpc) is 3.77. The zero-order valence-electron chi connectivity index (χ0n) is 31.2. The predicted molar refractivity (Wildman–Crippen MR) is 243 cm³/mol. The number of hydrogen-bond acceptors (Lipinski definition) is 0. The summed E-state index contributed by atoms with van der Waals surface area (Å²) in [5, 5.41) is 10.6. The first-order valence-electron chi connectivity index (χ1n) is 19.8. The van der Waals surface area contributed by atoms with Gasteiger partial charge in [0, 0.05) is 32.9 Å². The van der Waals surface area contributed by atoms with E-state index >= 15 is 0 Å². The Kier molecular flexibility index (Phi) is 6.98. The number of benzene rings is 9. The minimum atomic E-state index is -2.92. The Balaban J connectivity index is 1.14. The van der Waals surface area contributed by atoms with Crippen LogP contribution in [0.15, 0.2) is 218 Å². The van der Waals surface area contributed by atoms with Crippen molar-refractivity contribution in [3.05, 3.63) is 218 Å². The highest BCUT2D eigenvalue weighted by atomic mass is 28.3. The van der Waals surface area contributed by atoms with Gasteiger partial charge < -0.3 is 9.13 Å². The highest BCUT2D eigenvalue weighted by Gasteiger charge is 2.46. The lowest BCUT2D eigenvalue weighted by Gasteiger charge is -2.36. The number of para-hydroxylation sites is 3. The lowest BCUT2D eigenvalue weighted by Crippen LogP contribution is -2.75. The van der Waals surface area contributed by atoms with Crippen LogP contribution in [-0.2, 0) is 0 Å². The van der Waals surface area contributed by atoms with Crippen molar-refractivity contribution in [2.45, 2.75) is 0 Å². The summed E-state index contributed by atoms with van der Waals surface area (Å²) in [7, 11) is -2.92. The van der Waals surface area contributed by atoms with Crippen LogP contribution in [0.5, 0.6) is 0 Å². The fourth-order valence-electron chi connectivity index (χ4n) is 10.1. The molecule has 3 heteroatoms. The summed E-state index contributed by atoms with van der Waals surface area (Å²) in [6.45, 7) is 0. The Morgan fingerprint density at radius 1 is 0.263 bits per heavy atom. The van der Waals surface area contributed by atoms with Crippen molar-refractivity contribution in [1.29, 1.82) is 0 Å². The molecule has 1 aliphatic heterocycles. The first-order valence-corrected chi connectivity index (χ1v) is 21.8. The highest BCUT2D eigenvalue weighted by Crippen LogP contribution is 2.38. The van der Waals surface area contributed by atoms with E-state index in [1.807, 2.05) is 0 Å². The molecule has 0 spiro atoms. The van der Waals surface area contributed by atoms with Gasteiger partial charge in [-0.25, -0.2) is 0 Å². The van der Waals surface area contributed by atoms with E-state index < -0.39 is 8.07 Å². The van der Waals surface area contributed by atoms with Gasteiger partial charge in [0.2, 0.25) is 0 Å². The number of aromatic nitrogens is 2. The minimum Gasteiger partial charge on any atom is -0.309 e. The summed E-state index contributed by atoms with van der Waals surface area (Å²) in [5.41, 5.74) is 12.4. The van der Waals surface area contributed by atoms with Crippen molar-refractivity contribution in [2.75, 3.05) is 0 Å². The first kappa shape index (κ1) is 32.1. The minimum absolute atomic E-state index is 1.17. The molecule has 0 fully saturated rings. The molecule has 0 aliphatic carbocycles. The van der Waals surface area contributed by atoms with Crippen LogP contribution in [0.4, 0.5) is 0 Å². The van der Waals surface area contributed by atoms with Crippen molar-refractivity contribution in [3.63, 3.8) is 0 Å². The molecule has 0 bridgehead atoms. The lowest BCUT2D eigenvalue weighted by molar-refractivity contribution is 1.17. The number of rotatable bonds is 4. The molecule has 0 N–H and O–H groups in total. The fourth-order valence-corrected chi connectivity index (χ4v) is 15.3. The molecule has 9 aromatic carbocycles. The van der Waals surface area contributed by atoms with Crippen LogP contribution in [0.25, 0.3) is 77.2 Å². The van der Waals surface area contributed by atoms with Gasteiger partial charge in [-0.3, -0.25) is 0 Å². The van der Waals surface area contributed by atoms with Gasteiger partial charge >= 0.3 is 0 Å². The molecule has 266 valence electrons. The van der Waals surface area contributed by atoms with Gasteiger partial charge in [0.1, 0.15) is 0 Å². The maximum absolute atomic E-state index is 2.92. The Morgan fingerprint density at radius 3 is 1.26 bits per heavy atom. The van der Waals surface area contributed by atoms with Gasteiger partial charge in [-0.05, 0) is 91.5 Å². The number of fused-ring (bicyclic) bond motifs is 11. The van der Waals surface area contributed by atoms with Gasteiger partial charge in [-0.15, -0.1) is 0 Å². The number of hydrogen-bond donors (Lipinski definition) is 0. The second-order valence-corrected chi connectivity index (χ2v) is 19.0. The van der Waals surface area contributed by atoms with Crippen molar-refractivity contribution in [2.24, 2.45) is 0 Å². The fraction of sp³-hybridized carbons (Fsp3) is 0. The van der Waals surface area contributed by atoms with Crippen LogP contribution in [0.2, 0.25) is 0 Å². The molecular weight excluding hydrogens is 705 g/mol. The Bertz CT molecular complexity index is 3250. The van der Waals surface area contributed by atoms with E-state index in [4.69, 9.17) is 0 Å². The molecule has 0 amide bonds. The molecule has 2 aromatic heterocycles. The summed E-state index contributed by atoms with van der Waals surface area (Å²) < 4.78 is 4.91. The van der Waals surface area contributed by atoms with E-state index in [0.717, 1.165) is 0 Å². The smallest absolute Gasteiger partial charge is 0.180 e. The zero-order chi connectivity index (χ0) is 37.5. The summed E-state index contributed by atoms with van der Waals surface area (Å²) in [4.78, 5) is 0. The molecule has 12 rings (SSSR count). The number of nitrogens with zero attached hydrogens (tertiary/aromatic N) is 2. The van der Waals surface area contributed by atoms with Crippen molar-refractivity contribution in [3.8, 4) is 33.6 Å². The quantitative estimate of drug-likeness (QED) is 0.159. The van der Waals surface area contributed by atoms with Crippen molar-refractivity contribution in [1.82, 2.24) is 9.13 Å². The summed E-state index contributed by atoms with van der Waals surface area (Å²) in [5.74, 6) is 0. The first-order chi connectivity index (χ1) is 28.3. The topological polar surface area (TPSA) is 9.86 Å². The largest absolute Gasteiger partial charge is 0.309 e. The summed E-state index contributed by atoms with van der Waals surface area (Å²) >= 11 is 0. The summed E-state index contributed by atoms with van der Waals surface area (Å²) in [6, 6.07) is 81.7. The van der Waals surface area contributed by atoms with E-state index in [9.17, 15) is 0 Å². The lowest BCUT2D eigenvalue weighted by atomic mass is 9.95. The third-order valence-corrected chi connectivity index (χ3v) is 17.3. The normalized spacial score (nSPS) is 13.1. The van der Waals surface area contributed by atoms with Gasteiger partial charge in [0.15, 0.2) is 8.07 Å². The highest BCUT2D eigenvalue weighted by molar-refractivity contribution is 7.21. The average molecular weight is 741 g/mol. The maximum Gasteiger partial charge on any atom is 0.180 e. The van der Waals surface area contributed by atoms with Crippen LogP contribution in [0, 0.1) is 0 Å². The SMILES string of the molecule is c1ccc([Si]2(c3cccc(-n4c5ccccc5c5cc(-n6c7ccccc7c7ccccc76)ccc54)c3)c3ccccc3-c3ccccc3-c3ccccc32)cc1. The van der Waals surface area contributed by atoms with E-state index in [0.29, 0.717) is 0 Å². The molecule has 0 saturated carbocycles. The molecule has 0 unspecified atom stereocenters. The zero-order valence-corrected chi connectivity index (χ0v) is 32.2. The third-order valence-electron chi connectivity index (χ3n) is 12.4. The van der Waals surface area contributed by atoms with E-state index in [1.165, 1.54) is 98.0 Å². The molecule has 0 atom stereocenters. The van der Waals surface area contributed by atoms with Crippen LogP contribution in [0.3, 0.4) is 0 Å². The predicted octanol–water partition coefficient (Wildman–Crippen LogP) is 10.9. The van der Waals surface area contributed by atoms with Crippen molar-refractivity contribution < 1.29 is 0 Å². The molecule has 57 heavy (non-hydrogen) atoms. The van der Waals surface area contributed by atoms with Crippen LogP contribution < -0.4 is 20.7 Å². The van der Waals surface area contributed by atoms with Crippen LogP contribution >= 0.6 is 0 Å². The van der Waals surface area contributed by atoms with E-state index in [2.05, 4.69) is 228 Å². The molecule has 11 aromatic rings. The van der Waals surface area contributed by atoms with Crippen LogP contribution in [-0.4, -0.2) is 17.2 Å².